The highest BCUT2D eigenvalue weighted by Gasteiger charge is 2.06. The van der Waals surface area contributed by atoms with Crippen LogP contribution in [-0.4, -0.2) is 11.6 Å². The first-order valence-corrected chi connectivity index (χ1v) is 5.34. The van der Waals surface area contributed by atoms with Crippen LogP contribution in [0.4, 0.5) is 0 Å². The summed E-state index contributed by atoms with van der Waals surface area (Å²) < 4.78 is 5.38. The number of fused-ring (bicyclic) bond motifs is 1. The molecule has 0 radical (unpaired) electrons. The van der Waals surface area contributed by atoms with Crippen LogP contribution in [0.25, 0.3) is 10.9 Å². The number of hydrogen-bond donors (Lipinski definition) is 0. The second-order valence-electron chi connectivity index (χ2n) is 3.03. The molecule has 0 fully saturated rings. The van der Waals surface area contributed by atoms with Crippen molar-refractivity contribution in [2.24, 2.45) is 0 Å². The zero-order chi connectivity index (χ0) is 10.8. The zero-order valence-electron chi connectivity index (χ0n) is 8.13. The third-order valence-corrected chi connectivity index (χ3v) is 2.83. The minimum Gasteiger partial charge on any atom is -0.494 e. The van der Waals surface area contributed by atoms with Crippen molar-refractivity contribution in [2.45, 2.75) is 6.92 Å². The second-order valence-corrected chi connectivity index (χ2v) is 3.82. The Balaban J connectivity index is 2.63. The molecule has 0 saturated heterocycles. The maximum absolute atomic E-state index is 6.07. The van der Waals surface area contributed by atoms with E-state index in [9.17, 15) is 0 Å². The molecule has 0 spiro atoms. The average molecular weight is 242 g/mol. The van der Waals surface area contributed by atoms with E-state index in [-0.39, 0.29) is 0 Å². The Morgan fingerprint density at radius 2 is 2.13 bits per heavy atom. The first-order chi connectivity index (χ1) is 7.22. The molecule has 78 valence electrons. The quantitative estimate of drug-likeness (QED) is 0.795. The van der Waals surface area contributed by atoms with Crippen molar-refractivity contribution in [2.75, 3.05) is 6.61 Å². The van der Waals surface area contributed by atoms with Gasteiger partial charge in [-0.05, 0) is 25.1 Å². The number of hydrogen-bond acceptors (Lipinski definition) is 2. The molecule has 2 aromatic rings. The highest BCUT2D eigenvalue weighted by atomic mass is 35.5. The summed E-state index contributed by atoms with van der Waals surface area (Å²) >= 11 is 12.0. The first-order valence-electron chi connectivity index (χ1n) is 4.59. The van der Waals surface area contributed by atoms with Gasteiger partial charge >= 0.3 is 0 Å². The monoisotopic (exact) mass is 241 g/mol. The molecule has 4 heteroatoms. The third-order valence-electron chi connectivity index (χ3n) is 2.04. The van der Waals surface area contributed by atoms with Crippen LogP contribution in [0.1, 0.15) is 6.92 Å². The summed E-state index contributed by atoms with van der Waals surface area (Å²) in [5, 5.41) is 1.79. The van der Waals surface area contributed by atoms with Crippen molar-refractivity contribution in [3.63, 3.8) is 0 Å². The minimum atomic E-state index is 0.456. The number of nitrogens with zero attached hydrogens (tertiary/aromatic N) is 1. The van der Waals surface area contributed by atoms with E-state index in [4.69, 9.17) is 27.9 Å². The van der Waals surface area contributed by atoms with Gasteiger partial charge < -0.3 is 4.74 Å². The molecule has 0 saturated carbocycles. The van der Waals surface area contributed by atoms with Gasteiger partial charge in [-0.2, -0.15) is 0 Å². The van der Waals surface area contributed by atoms with Crippen LogP contribution >= 0.6 is 23.2 Å². The van der Waals surface area contributed by atoms with Crippen molar-refractivity contribution >= 4 is 34.1 Å². The molecule has 0 aliphatic heterocycles. The summed E-state index contributed by atoms with van der Waals surface area (Å²) in [6, 6.07) is 5.58. The Hall–Kier alpha value is -0.990. The average Bonchev–Trinajstić information content (AvgIpc) is 2.25. The van der Waals surface area contributed by atoms with Gasteiger partial charge in [0.2, 0.25) is 0 Å². The number of halogens is 2. The lowest BCUT2D eigenvalue weighted by Gasteiger charge is -2.06. The summed E-state index contributed by atoms with van der Waals surface area (Å²) in [5.74, 6) is 0.774. The molecule has 0 unspecified atom stereocenters. The molecule has 1 heterocycles. The fraction of sp³-hybridized carbons (Fsp3) is 0.182. The lowest BCUT2D eigenvalue weighted by molar-refractivity contribution is 0.340. The summed E-state index contributed by atoms with van der Waals surface area (Å²) in [6.45, 7) is 2.55. The summed E-state index contributed by atoms with van der Waals surface area (Å²) in [7, 11) is 0. The van der Waals surface area contributed by atoms with E-state index in [2.05, 4.69) is 4.98 Å². The minimum absolute atomic E-state index is 0.456. The van der Waals surface area contributed by atoms with Crippen molar-refractivity contribution < 1.29 is 4.74 Å². The Labute approximate surface area is 97.8 Å². The van der Waals surface area contributed by atoms with Gasteiger partial charge in [0.15, 0.2) is 0 Å². The lowest BCUT2D eigenvalue weighted by Crippen LogP contribution is -1.91. The van der Waals surface area contributed by atoms with E-state index in [0.29, 0.717) is 16.7 Å². The van der Waals surface area contributed by atoms with Crippen molar-refractivity contribution in [3.05, 3.63) is 34.4 Å². The Bertz CT molecular complexity index is 499. The van der Waals surface area contributed by atoms with Crippen LogP contribution in [0.5, 0.6) is 5.75 Å². The SMILES string of the molecule is CCOc1ccc2ncc(Cl)c(Cl)c2c1. The summed E-state index contributed by atoms with van der Waals surface area (Å²) in [4.78, 5) is 4.17. The standard InChI is InChI=1S/C11H9Cl2NO/c1-2-15-7-3-4-10-8(5-7)11(13)9(12)6-14-10/h3-6H,2H2,1H3. The third kappa shape index (κ3) is 2.01. The van der Waals surface area contributed by atoms with E-state index in [1.807, 2.05) is 25.1 Å². The van der Waals surface area contributed by atoms with Gasteiger partial charge in [-0.25, -0.2) is 0 Å². The van der Waals surface area contributed by atoms with Gasteiger partial charge in [-0.1, -0.05) is 23.2 Å². The number of ether oxygens (including phenoxy) is 1. The van der Waals surface area contributed by atoms with Gasteiger partial charge in [0.25, 0.3) is 0 Å². The molecule has 0 aliphatic carbocycles. The molecule has 0 atom stereocenters. The highest BCUT2D eigenvalue weighted by molar-refractivity contribution is 6.45. The fourth-order valence-electron chi connectivity index (χ4n) is 1.37. The maximum Gasteiger partial charge on any atom is 0.120 e. The Morgan fingerprint density at radius 3 is 2.87 bits per heavy atom. The van der Waals surface area contributed by atoms with Crippen molar-refractivity contribution in [1.82, 2.24) is 4.98 Å². The number of rotatable bonds is 2. The molecule has 0 amide bonds. The number of pyridine rings is 1. The summed E-state index contributed by atoms with van der Waals surface area (Å²) in [5.41, 5.74) is 0.813. The van der Waals surface area contributed by atoms with Crippen molar-refractivity contribution in [1.29, 1.82) is 0 Å². The van der Waals surface area contributed by atoms with Crippen LogP contribution in [-0.2, 0) is 0 Å². The van der Waals surface area contributed by atoms with E-state index >= 15 is 0 Å². The second kappa shape index (κ2) is 4.25. The molecule has 0 N–H and O–H groups in total. The molecule has 1 aromatic carbocycles. The number of aromatic nitrogens is 1. The largest absolute Gasteiger partial charge is 0.494 e. The smallest absolute Gasteiger partial charge is 0.120 e. The van der Waals surface area contributed by atoms with Crippen LogP contribution < -0.4 is 4.74 Å². The molecule has 0 bridgehead atoms. The van der Waals surface area contributed by atoms with E-state index < -0.39 is 0 Å². The molecule has 0 aliphatic rings. The van der Waals surface area contributed by atoms with Gasteiger partial charge in [0.05, 0.1) is 22.2 Å². The Kier molecular flexibility index (Phi) is 2.98. The van der Waals surface area contributed by atoms with E-state index in [1.54, 1.807) is 6.20 Å². The molecule has 15 heavy (non-hydrogen) atoms. The highest BCUT2D eigenvalue weighted by Crippen LogP contribution is 2.31. The first kappa shape index (κ1) is 10.5. The molecular weight excluding hydrogens is 233 g/mol. The summed E-state index contributed by atoms with van der Waals surface area (Å²) in [6.07, 6.45) is 1.55. The van der Waals surface area contributed by atoms with Gasteiger partial charge in [0.1, 0.15) is 5.75 Å². The molecule has 2 rings (SSSR count). The predicted molar refractivity (Wildman–Crippen MR) is 62.9 cm³/mol. The van der Waals surface area contributed by atoms with Crippen LogP contribution in [0.2, 0.25) is 10.0 Å². The number of benzene rings is 1. The van der Waals surface area contributed by atoms with Crippen LogP contribution in [0.15, 0.2) is 24.4 Å². The normalized spacial score (nSPS) is 10.6. The van der Waals surface area contributed by atoms with Gasteiger partial charge in [0, 0.05) is 11.6 Å². The van der Waals surface area contributed by atoms with E-state index in [0.717, 1.165) is 16.7 Å². The lowest BCUT2D eigenvalue weighted by atomic mass is 10.2. The predicted octanol–water partition coefficient (Wildman–Crippen LogP) is 3.94. The fourth-order valence-corrected chi connectivity index (χ4v) is 1.72. The van der Waals surface area contributed by atoms with E-state index in [1.165, 1.54) is 0 Å². The molecular formula is C11H9Cl2NO. The molecule has 2 nitrogen and oxygen atoms in total. The van der Waals surface area contributed by atoms with Gasteiger partial charge in [-0.3, -0.25) is 4.98 Å². The topological polar surface area (TPSA) is 22.1 Å². The maximum atomic E-state index is 6.07. The van der Waals surface area contributed by atoms with Crippen molar-refractivity contribution in [3.8, 4) is 5.75 Å². The molecule has 1 aromatic heterocycles. The van der Waals surface area contributed by atoms with Crippen LogP contribution in [0.3, 0.4) is 0 Å². The zero-order valence-corrected chi connectivity index (χ0v) is 9.64. The van der Waals surface area contributed by atoms with Gasteiger partial charge in [-0.15, -0.1) is 0 Å². The Morgan fingerprint density at radius 1 is 1.33 bits per heavy atom. The van der Waals surface area contributed by atoms with Crippen LogP contribution in [0, 0.1) is 0 Å².